The van der Waals surface area contributed by atoms with Crippen LogP contribution < -0.4 is 0 Å². The lowest BCUT2D eigenvalue weighted by atomic mass is 10.1. The first kappa shape index (κ1) is 13.2. The normalized spacial score (nSPS) is 16.8. The molecule has 0 aliphatic carbocycles. The average Bonchev–Trinajstić information content (AvgIpc) is 2.29. The highest BCUT2D eigenvalue weighted by atomic mass is 16.5. The lowest BCUT2D eigenvalue weighted by Crippen LogP contribution is -2.26. The van der Waals surface area contributed by atoms with Crippen LogP contribution in [0.5, 0.6) is 0 Å². The van der Waals surface area contributed by atoms with Gasteiger partial charge in [-0.15, -0.1) is 0 Å². The molecule has 16 heavy (non-hydrogen) atoms. The van der Waals surface area contributed by atoms with Gasteiger partial charge >= 0.3 is 0 Å². The summed E-state index contributed by atoms with van der Waals surface area (Å²) in [7, 11) is 1.64. The standard InChI is InChI=1S/C13H20O3/c1-10(9-15-3)16-11(2)13(14)12-7-5-4-6-8-12/h4-8,10-11,13-14H,9H2,1-3H3. The molecule has 0 heterocycles. The summed E-state index contributed by atoms with van der Waals surface area (Å²) in [5, 5.41) is 10.0. The number of aliphatic hydroxyl groups is 1. The second kappa shape index (κ2) is 6.63. The molecule has 0 saturated heterocycles. The molecule has 1 aromatic carbocycles. The summed E-state index contributed by atoms with van der Waals surface area (Å²) in [5.74, 6) is 0. The SMILES string of the molecule is COCC(C)OC(C)C(O)c1ccccc1. The van der Waals surface area contributed by atoms with Crippen molar-refractivity contribution < 1.29 is 14.6 Å². The molecule has 0 fully saturated rings. The largest absolute Gasteiger partial charge is 0.386 e. The van der Waals surface area contributed by atoms with Crippen molar-refractivity contribution >= 4 is 0 Å². The molecule has 0 aliphatic rings. The van der Waals surface area contributed by atoms with Gasteiger partial charge in [-0.2, -0.15) is 0 Å². The van der Waals surface area contributed by atoms with E-state index < -0.39 is 6.10 Å². The van der Waals surface area contributed by atoms with Crippen molar-refractivity contribution in [3.8, 4) is 0 Å². The fourth-order valence-corrected chi connectivity index (χ4v) is 1.64. The minimum Gasteiger partial charge on any atom is -0.386 e. The molecule has 3 atom stereocenters. The maximum absolute atomic E-state index is 10.0. The molecule has 90 valence electrons. The van der Waals surface area contributed by atoms with Gasteiger partial charge in [0.15, 0.2) is 0 Å². The van der Waals surface area contributed by atoms with Crippen LogP contribution in [0.4, 0.5) is 0 Å². The Morgan fingerprint density at radius 3 is 2.38 bits per heavy atom. The molecule has 3 nitrogen and oxygen atoms in total. The summed E-state index contributed by atoms with van der Waals surface area (Å²) in [6, 6.07) is 9.53. The van der Waals surface area contributed by atoms with Gasteiger partial charge in [-0.05, 0) is 19.4 Å². The Labute approximate surface area is 97.0 Å². The van der Waals surface area contributed by atoms with Crippen LogP contribution in [0.3, 0.4) is 0 Å². The van der Waals surface area contributed by atoms with Gasteiger partial charge in [0.25, 0.3) is 0 Å². The van der Waals surface area contributed by atoms with Crippen LogP contribution in [0, 0.1) is 0 Å². The number of aliphatic hydroxyl groups excluding tert-OH is 1. The van der Waals surface area contributed by atoms with Crippen molar-refractivity contribution in [2.45, 2.75) is 32.2 Å². The summed E-state index contributed by atoms with van der Waals surface area (Å²) in [6.45, 7) is 4.33. The Bertz CT molecular complexity index is 286. The van der Waals surface area contributed by atoms with Gasteiger partial charge in [0.2, 0.25) is 0 Å². The molecule has 1 aromatic rings. The summed E-state index contributed by atoms with van der Waals surface area (Å²) in [4.78, 5) is 0. The maximum Gasteiger partial charge on any atom is 0.105 e. The predicted molar refractivity (Wildman–Crippen MR) is 63.3 cm³/mol. The Hall–Kier alpha value is -0.900. The zero-order valence-corrected chi connectivity index (χ0v) is 10.1. The number of benzene rings is 1. The molecule has 0 spiro atoms. The molecule has 1 rings (SSSR count). The highest BCUT2D eigenvalue weighted by Crippen LogP contribution is 2.19. The number of ether oxygens (including phenoxy) is 2. The zero-order chi connectivity index (χ0) is 12.0. The molecular weight excluding hydrogens is 204 g/mol. The van der Waals surface area contributed by atoms with Crippen LogP contribution in [0.2, 0.25) is 0 Å². The Kier molecular flexibility index (Phi) is 5.46. The number of methoxy groups -OCH3 is 1. The van der Waals surface area contributed by atoms with Crippen molar-refractivity contribution in [3.63, 3.8) is 0 Å². The molecule has 0 aliphatic heterocycles. The van der Waals surface area contributed by atoms with Crippen molar-refractivity contribution in [2.75, 3.05) is 13.7 Å². The van der Waals surface area contributed by atoms with E-state index >= 15 is 0 Å². The number of hydrogen-bond donors (Lipinski definition) is 1. The third-order valence-electron chi connectivity index (χ3n) is 2.43. The second-order valence-electron chi connectivity index (χ2n) is 3.96. The van der Waals surface area contributed by atoms with Gasteiger partial charge in [-0.3, -0.25) is 0 Å². The molecule has 3 unspecified atom stereocenters. The van der Waals surface area contributed by atoms with Crippen LogP contribution in [0.15, 0.2) is 30.3 Å². The van der Waals surface area contributed by atoms with Crippen LogP contribution in [0.25, 0.3) is 0 Å². The van der Waals surface area contributed by atoms with Crippen LogP contribution in [-0.2, 0) is 9.47 Å². The van der Waals surface area contributed by atoms with Gasteiger partial charge in [-0.1, -0.05) is 30.3 Å². The summed E-state index contributed by atoms with van der Waals surface area (Å²) in [6.07, 6.45) is -0.855. The highest BCUT2D eigenvalue weighted by Gasteiger charge is 2.18. The smallest absolute Gasteiger partial charge is 0.105 e. The second-order valence-corrected chi connectivity index (χ2v) is 3.96. The van der Waals surface area contributed by atoms with Crippen LogP contribution >= 0.6 is 0 Å². The fraction of sp³-hybridized carbons (Fsp3) is 0.538. The van der Waals surface area contributed by atoms with Crippen LogP contribution in [-0.4, -0.2) is 31.0 Å². The molecular formula is C13H20O3. The molecule has 0 amide bonds. The van der Waals surface area contributed by atoms with E-state index in [1.54, 1.807) is 7.11 Å². The van der Waals surface area contributed by atoms with Gasteiger partial charge in [0.05, 0.1) is 18.8 Å². The Balaban J connectivity index is 2.51. The monoisotopic (exact) mass is 224 g/mol. The highest BCUT2D eigenvalue weighted by molar-refractivity contribution is 5.18. The average molecular weight is 224 g/mol. The van der Waals surface area contributed by atoms with E-state index in [-0.39, 0.29) is 12.2 Å². The quantitative estimate of drug-likeness (QED) is 0.804. The van der Waals surface area contributed by atoms with Crippen molar-refractivity contribution in [1.29, 1.82) is 0 Å². The van der Waals surface area contributed by atoms with E-state index in [0.717, 1.165) is 5.56 Å². The first-order chi connectivity index (χ1) is 7.65. The first-order valence-electron chi connectivity index (χ1n) is 5.52. The minimum absolute atomic E-state index is 0.0154. The van der Waals surface area contributed by atoms with Gasteiger partial charge in [-0.25, -0.2) is 0 Å². The fourth-order valence-electron chi connectivity index (χ4n) is 1.64. The van der Waals surface area contributed by atoms with E-state index in [9.17, 15) is 5.11 Å². The van der Waals surface area contributed by atoms with E-state index in [1.807, 2.05) is 44.2 Å². The van der Waals surface area contributed by atoms with Gasteiger partial charge in [0.1, 0.15) is 6.10 Å². The molecule has 0 radical (unpaired) electrons. The Morgan fingerprint density at radius 1 is 1.19 bits per heavy atom. The van der Waals surface area contributed by atoms with Crippen molar-refractivity contribution in [3.05, 3.63) is 35.9 Å². The number of hydrogen-bond acceptors (Lipinski definition) is 3. The maximum atomic E-state index is 10.0. The predicted octanol–water partition coefficient (Wildman–Crippen LogP) is 2.16. The molecule has 0 saturated carbocycles. The van der Waals surface area contributed by atoms with Crippen molar-refractivity contribution in [1.82, 2.24) is 0 Å². The van der Waals surface area contributed by atoms with Gasteiger partial charge in [0, 0.05) is 7.11 Å². The Morgan fingerprint density at radius 2 is 1.81 bits per heavy atom. The zero-order valence-electron chi connectivity index (χ0n) is 10.1. The third-order valence-corrected chi connectivity index (χ3v) is 2.43. The van der Waals surface area contributed by atoms with E-state index in [0.29, 0.717) is 6.61 Å². The summed E-state index contributed by atoms with van der Waals surface area (Å²) in [5.41, 5.74) is 0.875. The van der Waals surface area contributed by atoms with E-state index in [2.05, 4.69) is 0 Å². The summed E-state index contributed by atoms with van der Waals surface area (Å²) >= 11 is 0. The van der Waals surface area contributed by atoms with E-state index in [4.69, 9.17) is 9.47 Å². The molecule has 0 aromatic heterocycles. The first-order valence-corrected chi connectivity index (χ1v) is 5.52. The van der Waals surface area contributed by atoms with Crippen LogP contribution in [0.1, 0.15) is 25.5 Å². The van der Waals surface area contributed by atoms with Crippen molar-refractivity contribution in [2.24, 2.45) is 0 Å². The minimum atomic E-state index is -0.597. The number of rotatable bonds is 6. The van der Waals surface area contributed by atoms with E-state index in [1.165, 1.54) is 0 Å². The van der Waals surface area contributed by atoms with Gasteiger partial charge < -0.3 is 14.6 Å². The molecule has 3 heteroatoms. The molecule has 0 bridgehead atoms. The molecule has 1 N–H and O–H groups in total. The summed E-state index contributed by atoms with van der Waals surface area (Å²) < 4.78 is 10.6. The third kappa shape index (κ3) is 3.93. The lowest BCUT2D eigenvalue weighted by Gasteiger charge is -2.23. The lowest BCUT2D eigenvalue weighted by molar-refractivity contribution is -0.0824. The topological polar surface area (TPSA) is 38.7 Å².